The lowest BCUT2D eigenvalue weighted by atomic mass is 10.3. The first-order valence-electron chi connectivity index (χ1n) is 4.95. The number of aromatic nitrogens is 2. The first-order chi connectivity index (χ1) is 6.72. The Labute approximate surface area is 91.2 Å². The number of nitrogens with zero attached hydrogens (tertiary/aromatic N) is 2. The predicted octanol–water partition coefficient (Wildman–Crippen LogP) is 1.40. The number of rotatable bonds is 3. The van der Waals surface area contributed by atoms with Crippen molar-refractivity contribution < 1.29 is 8.42 Å². The molecule has 0 aromatic carbocycles. The van der Waals surface area contributed by atoms with Crippen molar-refractivity contribution in [1.29, 1.82) is 0 Å². The van der Waals surface area contributed by atoms with Gasteiger partial charge in [0.2, 0.25) is 0 Å². The summed E-state index contributed by atoms with van der Waals surface area (Å²) in [7, 11) is -3.05. The maximum Gasteiger partial charge on any atom is 0.157 e. The average Bonchev–Trinajstić information content (AvgIpc) is 2.46. The molecule has 0 atom stereocenters. The van der Waals surface area contributed by atoms with E-state index in [2.05, 4.69) is 5.10 Å². The van der Waals surface area contributed by atoms with Crippen molar-refractivity contribution in [3.05, 3.63) is 18.0 Å². The van der Waals surface area contributed by atoms with E-state index in [9.17, 15) is 8.42 Å². The Morgan fingerprint density at radius 1 is 1.40 bits per heavy atom. The predicted molar refractivity (Wildman–Crippen MR) is 60.5 cm³/mol. The molecule has 1 rings (SSSR count). The second kappa shape index (κ2) is 3.96. The summed E-state index contributed by atoms with van der Waals surface area (Å²) in [6.07, 6.45) is 1.80. The summed E-state index contributed by atoms with van der Waals surface area (Å²) in [5, 5.41) is 4.15. The minimum Gasteiger partial charge on any atom is -0.271 e. The molecule has 86 valence electrons. The van der Waals surface area contributed by atoms with Gasteiger partial charge >= 0.3 is 0 Å². The van der Waals surface area contributed by atoms with Gasteiger partial charge in [-0.2, -0.15) is 5.10 Å². The van der Waals surface area contributed by atoms with Gasteiger partial charge in [-0.05, 0) is 33.8 Å². The fraction of sp³-hybridized carbons (Fsp3) is 0.700. The fourth-order valence-electron chi connectivity index (χ4n) is 1.11. The van der Waals surface area contributed by atoms with Crippen molar-refractivity contribution in [2.45, 2.75) is 39.0 Å². The third-order valence-corrected chi connectivity index (χ3v) is 4.88. The summed E-state index contributed by atoms with van der Waals surface area (Å²) in [6.45, 7) is 7.46. The van der Waals surface area contributed by atoms with Crippen LogP contribution in [0.25, 0.3) is 0 Å². The quantitative estimate of drug-likeness (QED) is 0.788. The SMILES string of the molecule is Cc1ccn(CCS(=O)(=O)C(C)(C)C)n1. The third kappa shape index (κ3) is 3.06. The Bertz CT molecular complexity index is 427. The van der Waals surface area contributed by atoms with Gasteiger partial charge in [-0.1, -0.05) is 0 Å². The van der Waals surface area contributed by atoms with Gasteiger partial charge in [-0.15, -0.1) is 0 Å². The van der Waals surface area contributed by atoms with Crippen LogP contribution in [0.5, 0.6) is 0 Å². The summed E-state index contributed by atoms with van der Waals surface area (Å²) >= 11 is 0. The first-order valence-corrected chi connectivity index (χ1v) is 6.60. The van der Waals surface area contributed by atoms with Crippen molar-refractivity contribution in [3.8, 4) is 0 Å². The summed E-state index contributed by atoms with van der Waals surface area (Å²) < 4.78 is 24.6. The third-order valence-electron chi connectivity index (χ3n) is 2.30. The minimum absolute atomic E-state index is 0.137. The highest BCUT2D eigenvalue weighted by atomic mass is 32.2. The molecule has 5 heteroatoms. The van der Waals surface area contributed by atoms with E-state index in [-0.39, 0.29) is 5.75 Å². The van der Waals surface area contributed by atoms with E-state index in [1.165, 1.54) is 0 Å². The molecule has 1 heterocycles. The molecule has 1 aromatic rings. The van der Waals surface area contributed by atoms with Gasteiger partial charge in [0.15, 0.2) is 9.84 Å². The summed E-state index contributed by atoms with van der Waals surface area (Å²) in [6, 6.07) is 1.86. The van der Waals surface area contributed by atoms with E-state index in [0.717, 1.165) is 5.69 Å². The molecule has 0 bridgehead atoms. The molecule has 15 heavy (non-hydrogen) atoms. The molecule has 0 aliphatic heterocycles. The van der Waals surface area contributed by atoms with Gasteiger partial charge in [-0.25, -0.2) is 8.42 Å². The Balaban J connectivity index is 2.66. The van der Waals surface area contributed by atoms with Crippen molar-refractivity contribution >= 4 is 9.84 Å². The zero-order valence-corrected chi connectivity index (χ0v) is 10.5. The van der Waals surface area contributed by atoms with Gasteiger partial charge in [0.25, 0.3) is 0 Å². The van der Waals surface area contributed by atoms with Crippen LogP contribution in [0, 0.1) is 6.92 Å². The molecule has 1 aromatic heterocycles. The lowest BCUT2D eigenvalue weighted by molar-refractivity contribution is 0.548. The average molecular weight is 230 g/mol. The maximum absolute atomic E-state index is 11.8. The van der Waals surface area contributed by atoms with Gasteiger partial charge in [0.05, 0.1) is 22.7 Å². The Kier molecular flexibility index (Phi) is 3.23. The zero-order valence-electron chi connectivity index (χ0n) is 9.69. The minimum atomic E-state index is -3.05. The highest BCUT2D eigenvalue weighted by Crippen LogP contribution is 2.16. The molecule has 0 amide bonds. The molecule has 0 spiro atoms. The largest absolute Gasteiger partial charge is 0.271 e. The molecule has 0 unspecified atom stereocenters. The van der Waals surface area contributed by atoms with Crippen LogP contribution in [-0.2, 0) is 16.4 Å². The van der Waals surface area contributed by atoms with Crippen LogP contribution in [-0.4, -0.2) is 28.7 Å². The molecule has 0 N–H and O–H groups in total. The van der Waals surface area contributed by atoms with Gasteiger partial charge < -0.3 is 0 Å². The topological polar surface area (TPSA) is 52.0 Å². The fourth-order valence-corrected chi connectivity index (χ4v) is 2.15. The highest BCUT2D eigenvalue weighted by molar-refractivity contribution is 7.92. The van der Waals surface area contributed by atoms with E-state index < -0.39 is 14.6 Å². The van der Waals surface area contributed by atoms with Crippen LogP contribution in [0.3, 0.4) is 0 Å². The molecule has 0 saturated heterocycles. The van der Waals surface area contributed by atoms with E-state index in [1.807, 2.05) is 13.0 Å². The number of aryl methyl sites for hydroxylation is 2. The van der Waals surface area contributed by atoms with E-state index in [0.29, 0.717) is 6.54 Å². The molecule has 0 aliphatic rings. The summed E-state index contributed by atoms with van der Waals surface area (Å²) in [5.41, 5.74) is 0.906. The molecule has 0 saturated carbocycles. The van der Waals surface area contributed by atoms with Crippen LogP contribution >= 0.6 is 0 Å². The van der Waals surface area contributed by atoms with Crippen LogP contribution in [0.4, 0.5) is 0 Å². The second-order valence-corrected chi connectivity index (χ2v) is 7.51. The lowest BCUT2D eigenvalue weighted by Crippen LogP contribution is -2.32. The van der Waals surface area contributed by atoms with Crippen LogP contribution in [0.2, 0.25) is 0 Å². The van der Waals surface area contributed by atoms with Gasteiger partial charge in [0, 0.05) is 6.20 Å². The molecule has 0 radical (unpaired) electrons. The summed E-state index contributed by atoms with van der Waals surface area (Å²) in [5.74, 6) is 0.137. The Hall–Kier alpha value is -0.840. The Morgan fingerprint density at radius 2 is 2.00 bits per heavy atom. The molecular formula is C10H18N2O2S. The van der Waals surface area contributed by atoms with Crippen molar-refractivity contribution in [2.75, 3.05) is 5.75 Å². The van der Waals surface area contributed by atoms with Crippen LogP contribution < -0.4 is 0 Å². The molecule has 4 nitrogen and oxygen atoms in total. The van der Waals surface area contributed by atoms with E-state index >= 15 is 0 Å². The van der Waals surface area contributed by atoms with Gasteiger partial charge in [0.1, 0.15) is 0 Å². The summed E-state index contributed by atoms with van der Waals surface area (Å²) in [4.78, 5) is 0. The Morgan fingerprint density at radius 3 is 2.40 bits per heavy atom. The normalized spacial score (nSPS) is 13.1. The maximum atomic E-state index is 11.8. The second-order valence-electron chi connectivity index (χ2n) is 4.65. The standard InChI is InChI=1S/C10H18N2O2S/c1-9-5-6-12(11-9)7-8-15(13,14)10(2,3)4/h5-6H,7-8H2,1-4H3. The van der Waals surface area contributed by atoms with Crippen LogP contribution in [0.1, 0.15) is 26.5 Å². The van der Waals surface area contributed by atoms with Crippen molar-refractivity contribution in [2.24, 2.45) is 0 Å². The first kappa shape index (κ1) is 12.2. The van der Waals surface area contributed by atoms with Crippen molar-refractivity contribution in [1.82, 2.24) is 9.78 Å². The zero-order chi connectivity index (χ0) is 11.7. The smallest absolute Gasteiger partial charge is 0.157 e. The van der Waals surface area contributed by atoms with Crippen LogP contribution in [0.15, 0.2) is 12.3 Å². The molecular weight excluding hydrogens is 212 g/mol. The van der Waals surface area contributed by atoms with E-state index in [4.69, 9.17) is 0 Å². The number of sulfone groups is 1. The number of hydrogen-bond donors (Lipinski definition) is 0. The monoisotopic (exact) mass is 230 g/mol. The molecule has 0 fully saturated rings. The lowest BCUT2D eigenvalue weighted by Gasteiger charge is -2.18. The van der Waals surface area contributed by atoms with Gasteiger partial charge in [-0.3, -0.25) is 4.68 Å². The number of hydrogen-bond acceptors (Lipinski definition) is 3. The van der Waals surface area contributed by atoms with Crippen molar-refractivity contribution in [3.63, 3.8) is 0 Å². The molecule has 0 aliphatic carbocycles. The van der Waals surface area contributed by atoms with E-state index in [1.54, 1.807) is 31.6 Å². The highest BCUT2D eigenvalue weighted by Gasteiger charge is 2.28.